The van der Waals surface area contributed by atoms with E-state index in [4.69, 9.17) is 0 Å². The molecule has 0 bridgehead atoms. The molecular weight excluding hydrogens is 340 g/mol. The van der Waals surface area contributed by atoms with Gasteiger partial charge in [0.2, 0.25) is 5.95 Å². The van der Waals surface area contributed by atoms with Gasteiger partial charge >= 0.3 is 0 Å². The van der Waals surface area contributed by atoms with Crippen LogP contribution in [0.5, 0.6) is 0 Å². The monoisotopic (exact) mass is 354 g/mol. The quantitative estimate of drug-likeness (QED) is 0.703. The van der Waals surface area contributed by atoms with Crippen LogP contribution in [0, 0.1) is 0 Å². The molecule has 110 valence electrons. The molecule has 0 aliphatic heterocycles. The number of rotatable bonds is 5. The Balaban J connectivity index is 1.66. The van der Waals surface area contributed by atoms with Crippen LogP contribution < -0.4 is 10.6 Å². The van der Waals surface area contributed by atoms with Crippen molar-refractivity contribution in [3.8, 4) is 0 Å². The fourth-order valence-electron chi connectivity index (χ4n) is 1.97. The normalized spacial score (nSPS) is 10.2. The van der Waals surface area contributed by atoms with Crippen LogP contribution in [0.3, 0.4) is 0 Å². The number of nitrogens with zero attached hydrogens (tertiary/aromatic N) is 2. The molecular formula is C17H15BrN4. The van der Waals surface area contributed by atoms with Gasteiger partial charge in [0.1, 0.15) is 5.82 Å². The first-order chi connectivity index (χ1) is 10.8. The minimum Gasteiger partial charge on any atom is -0.350 e. The van der Waals surface area contributed by atoms with Gasteiger partial charge < -0.3 is 10.6 Å². The van der Waals surface area contributed by atoms with E-state index in [0.29, 0.717) is 12.5 Å². The van der Waals surface area contributed by atoms with Gasteiger partial charge in [0.05, 0.1) is 0 Å². The number of hydrogen-bond donors (Lipinski definition) is 2. The summed E-state index contributed by atoms with van der Waals surface area (Å²) >= 11 is 3.42. The molecule has 0 atom stereocenters. The summed E-state index contributed by atoms with van der Waals surface area (Å²) in [6.07, 6.45) is 1.74. The highest BCUT2D eigenvalue weighted by Crippen LogP contribution is 2.18. The first kappa shape index (κ1) is 14.5. The Morgan fingerprint density at radius 2 is 1.68 bits per heavy atom. The van der Waals surface area contributed by atoms with Gasteiger partial charge in [0.25, 0.3) is 0 Å². The van der Waals surface area contributed by atoms with E-state index in [1.54, 1.807) is 6.20 Å². The van der Waals surface area contributed by atoms with Gasteiger partial charge in [-0.3, -0.25) is 0 Å². The Morgan fingerprint density at radius 1 is 0.909 bits per heavy atom. The maximum Gasteiger partial charge on any atom is 0.224 e. The van der Waals surface area contributed by atoms with Crippen molar-refractivity contribution in [1.82, 2.24) is 9.97 Å². The SMILES string of the molecule is Brc1ccc(Nc2ccnc(NCc3ccccc3)n2)cc1. The summed E-state index contributed by atoms with van der Waals surface area (Å²) in [5.74, 6) is 1.36. The molecule has 0 aliphatic rings. The Morgan fingerprint density at radius 3 is 2.45 bits per heavy atom. The lowest BCUT2D eigenvalue weighted by atomic mass is 10.2. The van der Waals surface area contributed by atoms with Crippen molar-refractivity contribution in [2.45, 2.75) is 6.54 Å². The minimum absolute atomic E-state index is 0.603. The van der Waals surface area contributed by atoms with E-state index in [1.807, 2.05) is 48.5 Å². The second kappa shape index (κ2) is 7.04. The first-order valence-electron chi connectivity index (χ1n) is 6.93. The summed E-state index contributed by atoms with van der Waals surface area (Å²) in [5, 5.41) is 6.48. The third-order valence-electron chi connectivity index (χ3n) is 3.07. The van der Waals surface area contributed by atoms with Crippen molar-refractivity contribution < 1.29 is 0 Å². The van der Waals surface area contributed by atoms with Gasteiger partial charge in [0.15, 0.2) is 0 Å². The van der Waals surface area contributed by atoms with E-state index in [2.05, 4.69) is 48.7 Å². The largest absolute Gasteiger partial charge is 0.350 e. The molecule has 22 heavy (non-hydrogen) atoms. The van der Waals surface area contributed by atoms with E-state index in [9.17, 15) is 0 Å². The zero-order valence-corrected chi connectivity index (χ0v) is 13.4. The Kier molecular flexibility index (Phi) is 4.65. The number of benzene rings is 2. The predicted octanol–water partition coefficient (Wildman–Crippen LogP) is 4.59. The van der Waals surface area contributed by atoms with Crippen molar-refractivity contribution in [3.05, 3.63) is 76.9 Å². The molecule has 0 aliphatic carbocycles. The second-order valence-corrected chi connectivity index (χ2v) is 5.65. The third-order valence-corrected chi connectivity index (χ3v) is 3.59. The van der Waals surface area contributed by atoms with E-state index >= 15 is 0 Å². The van der Waals surface area contributed by atoms with Crippen LogP contribution in [0.1, 0.15) is 5.56 Å². The van der Waals surface area contributed by atoms with E-state index in [1.165, 1.54) is 5.56 Å². The Hall–Kier alpha value is -2.40. The molecule has 0 radical (unpaired) electrons. The molecule has 2 aromatic carbocycles. The van der Waals surface area contributed by atoms with Gasteiger partial charge in [-0.05, 0) is 35.9 Å². The lowest BCUT2D eigenvalue weighted by Gasteiger charge is -2.08. The lowest BCUT2D eigenvalue weighted by molar-refractivity contribution is 1.06. The van der Waals surface area contributed by atoms with E-state index < -0.39 is 0 Å². The topological polar surface area (TPSA) is 49.8 Å². The van der Waals surface area contributed by atoms with Gasteiger partial charge in [-0.15, -0.1) is 0 Å². The number of hydrogen-bond acceptors (Lipinski definition) is 4. The summed E-state index contributed by atoms with van der Waals surface area (Å²) < 4.78 is 1.05. The van der Waals surface area contributed by atoms with Gasteiger partial charge in [-0.2, -0.15) is 4.98 Å². The summed E-state index contributed by atoms with van der Waals surface area (Å²) in [4.78, 5) is 8.70. The van der Waals surface area contributed by atoms with Crippen LogP contribution in [-0.2, 0) is 6.54 Å². The summed E-state index contributed by atoms with van der Waals surface area (Å²) in [6, 6.07) is 20.0. The van der Waals surface area contributed by atoms with Crippen molar-refractivity contribution in [2.75, 3.05) is 10.6 Å². The van der Waals surface area contributed by atoms with Crippen LogP contribution >= 0.6 is 15.9 Å². The lowest BCUT2D eigenvalue weighted by Crippen LogP contribution is -2.04. The molecule has 5 heteroatoms. The summed E-state index contributed by atoms with van der Waals surface area (Å²) in [5.41, 5.74) is 2.17. The fourth-order valence-corrected chi connectivity index (χ4v) is 2.24. The zero-order valence-electron chi connectivity index (χ0n) is 11.8. The van der Waals surface area contributed by atoms with Crippen LogP contribution in [0.25, 0.3) is 0 Å². The van der Waals surface area contributed by atoms with E-state index in [-0.39, 0.29) is 0 Å². The smallest absolute Gasteiger partial charge is 0.224 e. The first-order valence-corrected chi connectivity index (χ1v) is 7.72. The second-order valence-electron chi connectivity index (χ2n) is 4.74. The fraction of sp³-hybridized carbons (Fsp3) is 0.0588. The molecule has 1 aromatic heterocycles. The standard InChI is InChI=1S/C17H15BrN4/c18-14-6-8-15(9-7-14)21-16-10-11-19-17(22-16)20-12-13-4-2-1-3-5-13/h1-11H,12H2,(H2,19,20,21,22). The molecule has 0 amide bonds. The maximum absolute atomic E-state index is 4.46. The molecule has 0 fully saturated rings. The number of anilines is 3. The average Bonchev–Trinajstić information content (AvgIpc) is 2.57. The average molecular weight is 355 g/mol. The molecule has 0 saturated heterocycles. The highest BCUT2D eigenvalue weighted by molar-refractivity contribution is 9.10. The maximum atomic E-state index is 4.46. The van der Waals surface area contributed by atoms with Crippen LogP contribution in [0.15, 0.2) is 71.3 Å². The van der Waals surface area contributed by atoms with Gasteiger partial charge in [-0.25, -0.2) is 4.98 Å². The number of aromatic nitrogens is 2. The van der Waals surface area contributed by atoms with Gasteiger partial charge in [-0.1, -0.05) is 46.3 Å². The Bertz CT molecular complexity index is 729. The number of nitrogens with one attached hydrogen (secondary N) is 2. The molecule has 3 aromatic rings. The van der Waals surface area contributed by atoms with Crippen LogP contribution in [-0.4, -0.2) is 9.97 Å². The molecule has 3 rings (SSSR count). The molecule has 0 spiro atoms. The predicted molar refractivity (Wildman–Crippen MR) is 93.2 cm³/mol. The Labute approximate surface area is 137 Å². The highest BCUT2D eigenvalue weighted by atomic mass is 79.9. The third kappa shape index (κ3) is 4.05. The molecule has 1 heterocycles. The van der Waals surface area contributed by atoms with Gasteiger partial charge in [0, 0.05) is 22.9 Å². The van der Waals surface area contributed by atoms with E-state index in [0.717, 1.165) is 16.0 Å². The highest BCUT2D eigenvalue weighted by Gasteiger charge is 2.00. The number of halogens is 1. The molecule has 4 nitrogen and oxygen atoms in total. The van der Waals surface area contributed by atoms with Crippen molar-refractivity contribution in [1.29, 1.82) is 0 Å². The minimum atomic E-state index is 0.603. The summed E-state index contributed by atoms with van der Waals surface area (Å²) in [7, 11) is 0. The zero-order chi connectivity index (χ0) is 15.2. The molecule has 0 saturated carbocycles. The summed E-state index contributed by atoms with van der Waals surface area (Å²) in [6.45, 7) is 0.697. The molecule has 2 N–H and O–H groups in total. The van der Waals surface area contributed by atoms with Crippen LogP contribution in [0.4, 0.5) is 17.5 Å². The van der Waals surface area contributed by atoms with Crippen molar-refractivity contribution in [2.24, 2.45) is 0 Å². The van der Waals surface area contributed by atoms with Crippen molar-refractivity contribution in [3.63, 3.8) is 0 Å². The van der Waals surface area contributed by atoms with Crippen molar-refractivity contribution >= 4 is 33.4 Å². The van der Waals surface area contributed by atoms with Crippen LogP contribution in [0.2, 0.25) is 0 Å². The molecule has 0 unspecified atom stereocenters.